The second-order valence-corrected chi connectivity index (χ2v) is 6.59. The molecule has 0 aliphatic rings. The summed E-state index contributed by atoms with van der Waals surface area (Å²) in [6.07, 6.45) is 0. The van der Waals surface area contributed by atoms with Crippen LogP contribution in [0.1, 0.15) is 21.5 Å². The molecule has 1 amide bonds. The topological polar surface area (TPSA) is 97.7 Å². The van der Waals surface area contributed by atoms with E-state index in [9.17, 15) is 14.0 Å². The largest absolute Gasteiger partial charge is 0.497 e. The fourth-order valence-corrected chi connectivity index (χ4v) is 2.72. The Balaban J connectivity index is 1.50. The van der Waals surface area contributed by atoms with Crippen molar-refractivity contribution < 1.29 is 28.2 Å². The molecule has 0 radical (unpaired) electrons. The zero-order chi connectivity index (χ0) is 22.9. The monoisotopic (exact) mass is 434 g/mol. The van der Waals surface area contributed by atoms with E-state index >= 15 is 0 Å². The van der Waals surface area contributed by atoms with E-state index in [0.717, 1.165) is 6.07 Å². The maximum atomic E-state index is 13.8. The van der Waals surface area contributed by atoms with E-state index in [1.807, 2.05) is 6.07 Å². The molecule has 0 aliphatic heterocycles. The van der Waals surface area contributed by atoms with Crippen LogP contribution in [0.4, 0.5) is 10.1 Å². The van der Waals surface area contributed by atoms with Crippen LogP contribution < -0.4 is 14.8 Å². The SMILES string of the molecule is COc1cccc(NC(=O)COc2ccc(C(=O)OCc3cc(C#N)ccc3F)cc2)c1. The summed E-state index contributed by atoms with van der Waals surface area (Å²) < 4.78 is 29.4. The first-order valence-corrected chi connectivity index (χ1v) is 9.51. The molecule has 7 nitrogen and oxygen atoms in total. The fraction of sp³-hybridized carbons (Fsp3) is 0.125. The molecule has 0 spiro atoms. The summed E-state index contributed by atoms with van der Waals surface area (Å²) in [5.41, 5.74) is 1.19. The number of nitrogens with zero attached hydrogens (tertiary/aromatic N) is 1. The molecule has 3 aromatic rings. The molecular formula is C24H19FN2O5. The predicted molar refractivity (Wildman–Crippen MR) is 114 cm³/mol. The second kappa shape index (κ2) is 10.6. The molecule has 0 aromatic heterocycles. The quantitative estimate of drug-likeness (QED) is 0.537. The third kappa shape index (κ3) is 6.06. The van der Waals surface area contributed by atoms with Crippen molar-refractivity contribution >= 4 is 17.6 Å². The van der Waals surface area contributed by atoms with Gasteiger partial charge in [-0.3, -0.25) is 4.79 Å². The Hall–Kier alpha value is -4.38. The predicted octanol–water partition coefficient (Wildman–Crippen LogP) is 4.08. The zero-order valence-electron chi connectivity index (χ0n) is 17.1. The number of methoxy groups -OCH3 is 1. The minimum atomic E-state index is -0.658. The first kappa shape index (κ1) is 22.3. The first-order chi connectivity index (χ1) is 15.5. The molecule has 0 bridgehead atoms. The summed E-state index contributed by atoms with van der Waals surface area (Å²) in [5, 5.41) is 11.6. The number of esters is 1. The van der Waals surface area contributed by atoms with Gasteiger partial charge in [0.15, 0.2) is 6.61 Å². The molecular weight excluding hydrogens is 415 g/mol. The molecule has 3 rings (SSSR count). The van der Waals surface area contributed by atoms with Gasteiger partial charge in [-0.25, -0.2) is 9.18 Å². The van der Waals surface area contributed by atoms with Gasteiger partial charge in [0.25, 0.3) is 5.91 Å². The summed E-state index contributed by atoms with van der Waals surface area (Å²) in [6, 6.07) is 18.6. The van der Waals surface area contributed by atoms with Crippen LogP contribution in [0.3, 0.4) is 0 Å². The number of nitrogens with one attached hydrogen (secondary N) is 1. The third-order valence-corrected chi connectivity index (χ3v) is 4.35. The number of hydrogen-bond donors (Lipinski definition) is 1. The number of benzene rings is 3. The Labute approximate surface area is 184 Å². The van der Waals surface area contributed by atoms with Gasteiger partial charge in [-0.1, -0.05) is 6.07 Å². The van der Waals surface area contributed by atoms with Crippen molar-refractivity contribution in [1.82, 2.24) is 0 Å². The molecule has 0 heterocycles. The highest BCUT2D eigenvalue weighted by atomic mass is 19.1. The van der Waals surface area contributed by atoms with Gasteiger partial charge in [0.05, 0.1) is 24.3 Å². The molecule has 0 unspecified atom stereocenters. The van der Waals surface area contributed by atoms with E-state index in [1.54, 1.807) is 24.3 Å². The van der Waals surface area contributed by atoms with Gasteiger partial charge >= 0.3 is 5.97 Å². The lowest BCUT2D eigenvalue weighted by Gasteiger charge is -2.09. The normalized spacial score (nSPS) is 10.0. The van der Waals surface area contributed by atoms with E-state index in [4.69, 9.17) is 19.5 Å². The second-order valence-electron chi connectivity index (χ2n) is 6.59. The Morgan fingerprint density at radius 2 is 1.81 bits per heavy atom. The minimum absolute atomic E-state index is 0.111. The van der Waals surface area contributed by atoms with Crippen molar-refractivity contribution in [2.45, 2.75) is 6.61 Å². The lowest BCUT2D eigenvalue weighted by Crippen LogP contribution is -2.20. The number of carbonyl (C=O) groups excluding carboxylic acids is 2. The van der Waals surface area contributed by atoms with Crippen molar-refractivity contribution in [2.75, 3.05) is 19.0 Å². The van der Waals surface area contributed by atoms with E-state index in [2.05, 4.69) is 5.32 Å². The van der Waals surface area contributed by atoms with Crippen LogP contribution >= 0.6 is 0 Å². The fourth-order valence-electron chi connectivity index (χ4n) is 2.72. The Bertz CT molecular complexity index is 1160. The molecule has 0 aliphatic carbocycles. The highest BCUT2D eigenvalue weighted by Crippen LogP contribution is 2.18. The molecule has 1 N–H and O–H groups in total. The number of amides is 1. The summed E-state index contributed by atoms with van der Waals surface area (Å²) >= 11 is 0. The molecule has 0 saturated carbocycles. The maximum absolute atomic E-state index is 13.8. The van der Waals surface area contributed by atoms with Gasteiger partial charge in [-0.15, -0.1) is 0 Å². The average Bonchev–Trinajstić information content (AvgIpc) is 2.82. The molecule has 8 heteroatoms. The molecule has 162 valence electrons. The Morgan fingerprint density at radius 1 is 1.03 bits per heavy atom. The zero-order valence-corrected chi connectivity index (χ0v) is 17.1. The van der Waals surface area contributed by atoms with E-state index in [-0.39, 0.29) is 35.8 Å². The van der Waals surface area contributed by atoms with Crippen LogP contribution in [0.2, 0.25) is 0 Å². The molecule has 0 atom stereocenters. The number of hydrogen-bond acceptors (Lipinski definition) is 6. The summed E-state index contributed by atoms with van der Waals surface area (Å²) in [5.74, 6) is -0.577. The smallest absolute Gasteiger partial charge is 0.338 e. The van der Waals surface area contributed by atoms with Gasteiger partial charge in [-0.05, 0) is 54.6 Å². The lowest BCUT2D eigenvalue weighted by atomic mass is 10.1. The van der Waals surface area contributed by atoms with Gasteiger partial charge < -0.3 is 19.5 Å². The number of ether oxygens (including phenoxy) is 3. The van der Waals surface area contributed by atoms with E-state index < -0.39 is 11.8 Å². The van der Waals surface area contributed by atoms with Crippen molar-refractivity contribution in [3.63, 3.8) is 0 Å². The van der Waals surface area contributed by atoms with Gasteiger partial charge in [0.1, 0.15) is 23.9 Å². The van der Waals surface area contributed by atoms with Crippen LogP contribution in [0.15, 0.2) is 66.7 Å². The van der Waals surface area contributed by atoms with E-state index in [1.165, 1.54) is 43.5 Å². The first-order valence-electron chi connectivity index (χ1n) is 9.51. The van der Waals surface area contributed by atoms with Crippen molar-refractivity contribution in [3.8, 4) is 17.6 Å². The lowest BCUT2D eigenvalue weighted by molar-refractivity contribution is -0.118. The standard InChI is InChI=1S/C24H19FN2O5/c1-30-21-4-2-3-19(12-21)27-23(28)15-31-20-8-6-17(7-9-20)24(29)32-14-18-11-16(13-26)5-10-22(18)25/h2-12H,14-15H2,1H3,(H,27,28). The number of nitriles is 1. The molecule has 3 aromatic carbocycles. The van der Waals surface area contributed by atoms with Crippen LogP contribution in [-0.2, 0) is 16.1 Å². The Kier molecular flexibility index (Phi) is 7.38. The van der Waals surface area contributed by atoms with Crippen LogP contribution in [0, 0.1) is 17.1 Å². The summed E-state index contributed by atoms with van der Waals surface area (Å²) in [6.45, 7) is -0.529. The van der Waals surface area contributed by atoms with Gasteiger partial charge in [0, 0.05) is 17.3 Å². The molecule has 0 saturated heterocycles. The molecule has 0 fully saturated rings. The highest BCUT2D eigenvalue weighted by Gasteiger charge is 2.11. The Morgan fingerprint density at radius 3 is 2.53 bits per heavy atom. The highest BCUT2D eigenvalue weighted by molar-refractivity contribution is 5.92. The number of anilines is 1. The number of rotatable bonds is 8. The van der Waals surface area contributed by atoms with Crippen molar-refractivity contribution in [2.24, 2.45) is 0 Å². The van der Waals surface area contributed by atoms with Gasteiger partial charge in [-0.2, -0.15) is 5.26 Å². The summed E-state index contributed by atoms with van der Waals surface area (Å²) in [7, 11) is 1.54. The van der Waals surface area contributed by atoms with E-state index in [0.29, 0.717) is 17.2 Å². The number of carbonyl (C=O) groups is 2. The van der Waals surface area contributed by atoms with Crippen LogP contribution in [-0.4, -0.2) is 25.6 Å². The number of halogens is 1. The van der Waals surface area contributed by atoms with Crippen LogP contribution in [0.5, 0.6) is 11.5 Å². The van der Waals surface area contributed by atoms with Gasteiger partial charge in [0.2, 0.25) is 0 Å². The van der Waals surface area contributed by atoms with Crippen molar-refractivity contribution in [3.05, 3.63) is 89.2 Å². The molecule has 32 heavy (non-hydrogen) atoms. The van der Waals surface area contributed by atoms with Crippen LogP contribution in [0.25, 0.3) is 0 Å². The minimum Gasteiger partial charge on any atom is -0.497 e. The summed E-state index contributed by atoms with van der Waals surface area (Å²) in [4.78, 5) is 24.2. The third-order valence-electron chi connectivity index (χ3n) is 4.35. The average molecular weight is 434 g/mol. The maximum Gasteiger partial charge on any atom is 0.338 e. The van der Waals surface area contributed by atoms with Crippen molar-refractivity contribution in [1.29, 1.82) is 5.26 Å².